The average molecular weight is 239 g/mol. The molecule has 2 rings (SSSR count). The van der Waals surface area contributed by atoms with Crippen LogP contribution >= 0.6 is 0 Å². The fourth-order valence-corrected chi connectivity index (χ4v) is 1.79. The van der Waals surface area contributed by atoms with Gasteiger partial charge >= 0.3 is 5.97 Å². The van der Waals surface area contributed by atoms with E-state index in [1.807, 2.05) is 0 Å². The van der Waals surface area contributed by atoms with Crippen molar-refractivity contribution in [2.24, 2.45) is 0 Å². The number of fused-ring (bicyclic) bond motifs is 1. The minimum absolute atomic E-state index is 0.121. The fraction of sp³-hybridized carbons (Fsp3) is 0.250. The largest absolute Gasteiger partial charge is 0.481 e. The Hall–Kier alpha value is -1.91. The molecule has 0 spiro atoms. The lowest BCUT2D eigenvalue weighted by atomic mass is 9.84. The normalized spacial score (nSPS) is 12.0. The van der Waals surface area contributed by atoms with Crippen LogP contribution in [-0.2, 0) is 10.2 Å². The molecule has 17 heavy (non-hydrogen) atoms. The first kappa shape index (κ1) is 11.6. The minimum Gasteiger partial charge on any atom is -0.481 e. The third-order valence-corrected chi connectivity index (χ3v) is 2.91. The highest BCUT2D eigenvalue weighted by molar-refractivity contribution is 5.91. The lowest BCUT2D eigenvalue weighted by molar-refractivity contribution is -0.142. The molecule has 1 aromatic carbocycles. The summed E-state index contributed by atoms with van der Waals surface area (Å²) < 4.78 is 26.6. The van der Waals surface area contributed by atoms with Crippen LogP contribution in [0.1, 0.15) is 19.4 Å². The molecule has 0 saturated carbocycles. The van der Waals surface area contributed by atoms with E-state index in [9.17, 15) is 13.6 Å². The number of aromatic nitrogens is 1. The molecule has 0 fully saturated rings. The molecule has 0 bridgehead atoms. The molecule has 2 aromatic rings. The number of carboxylic acid groups (broad SMARTS) is 1. The third-order valence-electron chi connectivity index (χ3n) is 2.91. The molecule has 0 amide bonds. The Balaban J connectivity index is 2.77. The molecule has 0 radical (unpaired) electrons. The van der Waals surface area contributed by atoms with E-state index in [2.05, 4.69) is 4.98 Å². The van der Waals surface area contributed by atoms with Gasteiger partial charge in [0.2, 0.25) is 0 Å². The van der Waals surface area contributed by atoms with Crippen molar-refractivity contribution in [3.05, 3.63) is 35.5 Å². The van der Waals surface area contributed by atoms with Crippen LogP contribution in [0.4, 0.5) is 8.78 Å². The van der Waals surface area contributed by atoms with Gasteiger partial charge in [-0.25, -0.2) is 8.78 Å². The van der Waals surface area contributed by atoms with Gasteiger partial charge in [0, 0.05) is 17.6 Å². The summed E-state index contributed by atoms with van der Waals surface area (Å²) in [6, 6.07) is 1.89. The first-order chi connectivity index (χ1) is 7.84. The zero-order chi connectivity index (χ0) is 12.8. The van der Waals surface area contributed by atoms with Crippen LogP contribution in [0, 0.1) is 11.6 Å². The van der Waals surface area contributed by atoms with Crippen molar-refractivity contribution < 1.29 is 18.7 Å². The van der Waals surface area contributed by atoms with Crippen molar-refractivity contribution in [2.75, 3.05) is 0 Å². The van der Waals surface area contributed by atoms with Gasteiger partial charge in [0.25, 0.3) is 0 Å². The molecule has 0 unspecified atom stereocenters. The minimum atomic E-state index is -1.21. The van der Waals surface area contributed by atoms with E-state index in [0.29, 0.717) is 5.56 Å². The standard InChI is InChI=1S/C12H11F2NO2/c1-12(2,11(16)17)8-5-15-10-7(8)3-6(13)4-9(10)14/h3-5,15H,1-2H3,(H,16,17). The predicted molar refractivity (Wildman–Crippen MR) is 58.9 cm³/mol. The molecule has 1 heterocycles. The van der Waals surface area contributed by atoms with Crippen LogP contribution in [0.15, 0.2) is 18.3 Å². The molecule has 0 aliphatic heterocycles. The molecule has 3 nitrogen and oxygen atoms in total. The van der Waals surface area contributed by atoms with Gasteiger partial charge in [0.05, 0.1) is 10.9 Å². The summed E-state index contributed by atoms with van der Waals surface area (Å²) in [7, 11) is 0. The highest BCUT2D eigenvalue weighted by atomic mass is 19.1. The highest BCUT2D eigenvalue weighted by Crippen LogP contribution is 2.32. The molecular formula is C12H11F2NO2. The van der Waals surface area contributed by atoms with Crippen molar-refractivity contribution in [3.8, 4) is 0 Å². The van der Waals surface area contributed by atoms with E-state index in [0.717, 1.165) is 12.1 Å². The molecular weight excluding hydrogens is 228 g/mol. The highest BCUT2D eigenvalue weighted by Gasteiger charge is 2.32. The summed E-state index contributed by atoms with van der Waals surface area (Å²) in [5.74, 6) is -2.51. The number of rotatable bonds is 2. The molecule has 0 aliphatic carbocycles. The van der Waals surface area contributed by atoms with Gasteiger partial charge in [-0.05, 0) is 25.5 Å². The van der Waals surface area contributed by atoms with Gasteiger partial charge in [-0.15, -0.1) is 0 Å². The number of H-pyrrole nitrogens is 1. The van der Waals surface area contributed by atoms with Gasteiger partial charge in [-0.2, -0.15) is 0 Å². The number of hydrogen-bond donors (Lipinski definition) is 2. The SMILES string of the molecule is CC(C)(C(=O)O)c1c[nH]c2c(F)cc(F)cc12. The summed E-state index contributed by atoms with van der Waals surface area (Å²) in [5, 5.41) is 9.37. The van der Waals surface area contributed by atoms with Gasteiger partial charge in [0.15, 0.2) is 0 Å². The Morgan fingerprint density at radius 1 is 1.35 bits per heavy atom. The second-order valence-electron chi connectivity index (χ2n) is 4.44. The number of nitrogens with one attached hydrogen (secondary N) is 1. The predicted octanol–water partition coefficient (Wildman–Crippen LogP) is 2.81. The second-order valence-corrected chi connectivity index (χ2v) is 4.44. The number of aromatic amines is 1. The van der Waals surface area contributed by atoms with Crippen molar-refractivity contribution in [3.63, 3.8) is 0 Å². The third kappa shape index (κ3) is 1.67. The Kier molecular flexibility index (Phi) is 2.41. The monoisotopic (exact) mass is 239 g/mol. The van der Waals surface area contributed by atoms with Gasteiger partial charge in [0.1, 0.15) is 11.6 Å². The Labute approximate surface area is 96.1 Å². The van der Waals surface area contributed by atoms with Gasteiger partial charge < -0.3 is 10.1 Å². The number of hydrogen-bond acceptors (Lipinski definition) is 1. The van der Waals surface area contributed by atoms with Crippen LogP contribution in [-0.4, -0.2) is 16.1 Å². The summed E-state index contributed by atoms with van der Waals surface area (Å²) in [6.07, 6.45) is 1.40. The lowest BCUT2D eigenvalue weighted by Crippen LogP contribution is -2.28. The van der Waals surface area contributed by atoms with Gasteiger partial charge in [-0.3, -0.25) is 4.79 Å². The van der Waals surface area contributed by atoms with Crippen LogP contribution in [0.3, 0.4) is 0 Å². The van der Waals surface area contributed by atoms with Crippen LogP contribution in [0.2, 0.25) is 0 Å². The zero-order valence-electron chi connectivity index (χ0n) is 9.34. The Morgan fingerprint density at radius 2 is 2.00 bits per heavy atom. The number of aliphatic carboxylic acids is 1. The topological polar surface area (TPSA) is 53.1 Å². The van der Waals surface area contributed by atoms with E-state index < -0.39 is 23.0 Å². The quantitative estimate of drug-likeness (QED) is 0.846. The molecule has 1 aromatic heterocycles. The first-order valence-corrected chi connectivity index (χ1v) is 5.04. The van der Waals surface area contributed by atoms with Crippen LogP contribution < -0.4 is 0 Å². The maximum atomic E-state index is 13.4. The molecule has 2 N–H and O–H groups in total. The van der Waals surface area contributed by atoms with E-state index in [1.54, 1.807) is 0 Å². The molecule has 0 aliphatic rings. The van der Waals surface area contributed by atoms with Crippen LogP contribution in [0.5, 0.6) is 0 Å². The van der Waals surface area contributed by atoms with E-state index in [-0.39, 0.29) is 10.9 Å². The fourth-order valence-electron chi connectivity index (χ4n) is 1.79. The summed E-state index contributed by atoms with van der Waals surface area (Å²) in [6.45, 7) is 2.97. The zero-order valence-corrected chi connectivity index (χ0v) is 9.34. The van der Waals surface area contributed by atoms with E-state index in [4.69, 9.17) is 5.11 Å². The van der Waals surface area contributed by atoms with Gasteiger partial charge in [-0.1, -0.05) is 0 Å². The maximum Gasteiger partial charge on any atom is 0.313 e. The van der Waals surface area contributed by atoms with Crippen molar-refractivity contribution in [1.29, 1.82) is 0 Å². The number of carboxylic acids is 1. The van der Waals surface area contributed by atoms with Crippen LogP contribution in [0.25, 0.3) is 10.9 Å². The Bertz CT molecular complexity index is 602. The molecule has 0 saturated heterocycles. The number of benzene rings is 1. The maximum absolute atomic E-state index is 13.4. The number of halogens is 2. The lowest BCUT2D eigenvalue weighted by Gasteiger charge is -2.18. The average Bonchev–Trinajstić information content (AvgIpc) is 2.61. The van der Waals surface area contributed by atoms with E-state index in [1.165, 1.54) is 20.0 Å². The molecule has 5 heteroatoms. The second kappa shape index (κ2) is 3.55. The number of carbonyl (C=O) groups is 1. The summed E-state index contributed by atoms with van der Waals surface area (Å²) in [5.41, 5.74) is -0.729. The Morgan fingerprint density at radius 3 is 2.59 bits per heavy atom. The summed E-state index contributed by atoms with van der Waals surface area (Å²) >= 11 is 0. The summed E-state index contributed by atoms with van der Waals surface area (Å²) in [4.78, 5) is 13.8. The first-order valence-electron chi connectivity index (χ1n) is 5.04. The van der Waals surface area contributed by atoms with Crippen molar-refractivity contribution >= 4 is 16.9 Å². The molecule has 90 valence electrons. The molecule has 0 atom stereocenters. The van der Waals surface area contributed by atoms with E-state index >= 15 is 0 Å². The van der Waals surface area contributed by atoms with Crippen molar-refractivity contribution in [1.82, 2.24) is 4.98 Å². The smallest absolute Gasteiger partial charge is 0.313 e. The van der Waals surface area contributed by atoms with Crippen molar-refractivity contribution in [2.45, 2.75) is 19.3 Å².